The first-order chi connectivity index (χ1) is 12.3. The van der Waals surface area contributed by atoms with Gasteiger partial charge in [0.1, 0.15) is 5.76 Å². The summed E-state index contributed by atoms with van der Waals surface area (Å²) in [4.78, 5) is 24.7. The van der Waals surface area contributed by atoms with E-state index in [4.69, 9.17) is 20.9 Å². The van der Waals surface area contributed by atoms with E-state index in [1.54, 1.807) is 45.9 Å². The van der Waals surface area contributed by atoms with E-state index in [2.05, 4.69) is 10.5 Å². The minimum Gasteiger partial charge on any atom is -0.463 e. The third-order valence-corrected chi connectivity index (χ3v) is 4.22. The van der Waals surface area contributed by atoms with Gasteiger partial charge >= 0.3 is 5.97 Å². The summed E-state index contributed by atoms with van der Waals surface area (Å²) in [5.41, 5.74) is 2.08. The maximum absolute atomic E-state index is 12.5. The van der Waals surface area contributed by atoms with E-state index in [0.717, 1.165) is 5.56 Å². The molecule has 0 aliphatic carbocycles. The van der Waals surface area contributed by atoms with Crippen molar-refractivity contribution in [2.24, 2.45) is 0 Å². The predicted molar refractivity (Wildman–Crippen MR) is 97.9 cm³/mol. The molecule has 2 aromatic rings. The summed E-state index contributed by atoms with van der Waals surface area (Å²) in [6.45, 7) is 7.09. The molecule has 1 heterocycles. The Kier molecular flexibility index (Phi) is 6.80. The number of amides is 1. The number of aromatic nitrogens is 1. The molecule has 6 nitrogen and oxygen atoms in total. The number of aryl methyl sites for hydroxylation is 2. The van der Waals surface area contributed by atoms with Gasteiger partial charge in [0.05, 0.1) is 30.7 Å². The fourth-order valence-corrected chi connectivity index (χ4v) is 2.90. The number of nitrogens with zero attached hydrogens (tertiary/aromatic N) is 1. The second kappa shape index (κ2) is 8.85. The molecule has 0 bridgehead atoms. The van der Waals surface area contributed by atoms with Crippen molar-refractivity contribution in [3.05, 3.63) is 51.9 Å². The minimum atomic E-state index is -0.581. The first-order valence-corrected chi connectivity index (χ1v) is 8.80. The Labute approximate surface area is 157 Å². The van der Waals surface area contributed by atoms with Crippen molar-refractivity contribution in [3.63, 3.8) is 0 Å². The van der Waals surface area contributed by atoms with E-state index in [9.17, 15) is 9.59 Å². The van der Waals surface area contributed by atoms with Gasteiger partial charge < -0.3 is 14.6 Å². The van der Waals surface area contributed by atoms with Crippen LogP contribution in [0.1, 0.15) is 48.9 Å². The van der Waals surface area contributed by atoms with Crippen LogP contribution in [-0.4, -0.2) is 23.1 Å². The zero-order valence-electron chi connectivity index (χ0n) is 15.3. The fourth-order valence-electron chi connectivity index (χ4n) is 2.63. The number of carbonyl (C=O) groups is 2. The smallest absolute Gasteiger partial charge is 0.308 e. The average Bonchev–Trinajstić information content (AvgIpc) is 2.86. The van der Waals surface area contributed by atoms with Crippen LogP contribution >= 0.6 is 11.6 Å². The molecule has 1 aromatic carbocycles. The van der Waals surface area contributed by atoms with E-state index in [0.29, 0.717) is 22.0 Å². The Balaban J connectivity index is 2.17. The number of ether oxygens (including phenoxy) is 1. The minimum absolute atomic E-state index is 0.00471. The lowest BCUT2D eigenvalue weighted by Gasteiger charge is -2.20. The molecule has 140 valence electrons. The van der Waals surface area contributed by atoms with E-state index >= 15 is 0 Å². The third-order valence-electron chi connectivity index (χ3n) is 3.87. The maximum atomic E-state index is 12.5. The van der Waals surface area contributed by atoms with Crippen LogP contribution in [0.3, 0.4) is 0 Å². The Morgan fingerprint density at radius 3 is 2.54 bits per heavy atom. The summed E-state index contributed by atoms with van der Waals surface area (Å²) in [5, 5.41) is 7.21. The predicted octanol–water partition coefficient (Wildman–Crippen LogP) is 3.69. The van der Waals surface area contributed by atoms with Crippen LogP contribution in [0.4, 0.5) is 0 Å². The summed E-state index contributed by atoms with van der Waals surface area (Å²) < 4.78 is 10.3. The van der Waals surface area contributed by atoms with Gasteiger partial charge in [-0.3, -0.25) is 9.59 Å². The summed E-state index contributed by atoms with van der Waals surface area (Å²) in [7, 11) is 0. The van der Waals surface area contributed by atoms with Crippen LogP contribution in [0.25, 0.3) is 0 Å². The van der Waals surface area contributed by atoms with E-state index in [1.807, 2.05) is 6.07 Å². The molecule has 1 aromatic heterocycles. The number of esters is 1. The number of nitrogens with one attached hydrogen (secondary N) is 1. The topological polar surface area (TPSA) is 81.4 Å². The highest BCUT2D eigenvalue weighted by molar-refractivity contribution is 6.31. The fraction of sp³-hybridized carbons (Fsp3) is 0.421. The summed E-state index contributed by atoms with van der Waals surface area (Å²) in [5.74, 6) is -0.0459. The lowest BCUT2D eigenvalue weighted by atomic mass is 10.0. The molecule has 1 N–H and O–H groups in total. The number of hydrogen-bond donors (Lipinski definition) is 1. The van der Waals surface area contributed by atoms with E-state index in [1.165, 1.54) is 0 Å². The van der Waals surface area contributed by atoms with Crippen molar-refractivity contribution in [2.45, 2.75) is 52.7 Å². The van der Waals surface area contributed by atoms with Gasteiger partial charge in [-0.2, -0.15) is 0 Å². The van der Waals surface area contributed by atoms with Crippen LogP contribution < -0.4 is 5.32 Å². The Morgan fingerprint density at radius 2 is 1.96 bits per heavy atom. The lowest BCUT2D eigenvalue weighted by molar-refractivity contribution is -0.148. The number of halogens is 1. The largest absolute Gasteiger partial charge is 0.463 e. The van der Waals surface area contributed by atoms with Crippen LogP contribution in [0.2, 0.25) is 5.02 Å². The standard InChI is InChI=1S/C19H23ClN2O4/c1-11(2)25-19(24)10-17(14-7-5-6-8-16(14)20)21-18(23)9-15-12(3)22-26-13(15)4/h5-8,11,17H,9-10H2,1-4H3,(H,21,23)/t17-/m1/s1. The van der Waals surface area contributed by atoms with Crippen molar-refractivity contribution < 1.29 is 18.8 Å². The summed E-state index contributed by atoms with van der Waals surface area (Å²) in [6.07, 6.45) is -0.122. The Bertz CT molecular complexity index is 766. The average molecular weight is 379 g/mol. The van der Waals surface area contributed by atoms with Gasteiger partial charge in [0.2, 0.25) is 5.91 Å². The monoisotopic (exact) mass is 378 g/mol. The third kappa shape index (κ3) is 5.33. The second-order valence-corrected chi connectivity index (χ2v) is 6.77. The number of rotatable bonds is 7. The highest BCUT2D eigenvalue weighted by Crippen LogP contribution is 2.26. The molecule has 1 amide bonds. The van der Waals surface area contributed by atoms with Crippen LogP contribution in [0.5, 0.6) is 0 Å². The van der Waals surface area contributed by atoms with Crippen LogP contribution in [-0.2, 0) is 20.7 Å². The molecular weight excluding hydrogens is 356 g/mol. The highest BCUT2D eigenvalue weighted by Gasteiger charge is 2.23. The second-order valence-electron chi connectivity index (χ2n) is 6.36. The van der Waals surface area contributed by atoms with Crippen molar-refractivity contribution in [3.8, 4) is 0 Å². The molecule has 0 saturated carbocycles. The Hall–Kier alpha value is -2.34. The molecule has 1 atom stereocenters. The molecule has 26 heavy (non-hydrogen) atoms. The summed E-state index contributed by atoms with van der Waals surface area (Å²) >= 11 is 6.26. The molecule has 0 unspecified atom stereocenters. The normalized spacial score (nSPS) is 12.1. The number of benzene rings is 1. The van der Waals surface area contributed by atoms with Gasteiger partial charge in [-0.25, -0.2) is 0 Å². The molecule has 0 spiro atoms. The zero-order chi connectivity index (χ0) is 19.3. The number of hydrogen-bond acceptors (Lipinski definition) is 5. The molecule has 0 saturated heterocycles. The van der Waals surface area contributed by atoms with Gasteiger partial charge in [-0.1, -0.05) is 35.0 Å². The Morgan fingerprint density at radius 1 is 1.27 bits per heavy atom. The number of carbonyl (C=O) groups excluding carboxylic acids is 2. The molecule has 0 fully saturated rings. The van der Waals surface area contributed by atoms with E-state index < -0.39 is 12.0 Å². The molecule has 0 aliphatic rings. The van der Waals surface area contributed by atoms with Gasteiger partial charge in [-0.05, 0) is 39.3 Å². The first kappa shape index (κ1) is 20.0. The maximum Gasteiger partial charge on any atom is 0.308 e. The van der Waals surface area contributed by atoms with Gasteiger partial charge in [0.25, 0.3) is 0 Å². The van der Waals surface area contributed by atoms with Crippen molar-refractivity contribution in [1.29, 1.82) is 0 Å². The van der Waals surface area contributed by atoms with Gasteiger partial charge in [0, 0.05) is 10.6 Å². The van der Waals surface area contributed by atoms with Crippen LogP contribution in [0, 0.1) is 13.8 Å². The lowest BCUT2D eigenvalue weighted by Crippen LogP contribution is -2.32. The zero-order valence-corrected chi connectivity index (χ0v) is 16.1. The van der Waals surface area contributed by atoms with Crippen molar-refractivity contribution in [2.75, 3.05) is 0 Å². The van der Waals surface area contributed by atoms with Crippen LogP contribution in [0.15, 0.2) is 28.8 Å². The van der Waals surface area contributed by atoms with Crippen molar-refractivity contribution >= 4 is 23.5 Å². The van der Waals surface area contributed by atoms with Crippen molar-refractivity contribution in [1.82, 2.24) is 10.5 Å². The highest BCUT2D eigenvalue weighted by atomic mass is 35.5. The molecular formula is C19H23ClN2O4. The molecule has 2 rings (SSSR count). The molecule has 0 radical (unpaired) electrons. The molecule has 0 aliphatic heterocycles. The van der Waals surface area contributed by atoms with Gasteiger partial charge in [-0.15, -0.1) is 0 Å². The van der Waals surface area contributed by atoms with Gasteiger partial charge in [0.15, 0.2) is 0 Å². The molecule has 7 heteroatoms. The quantitative estimate of drug-likeness (QED) is 0.743. The van der Waals surface area contributed by atoms with E-state index in [-0.39, 0.29) is 24.9 Å². The SMILES string of the molecule is Cc1noc(C)c1CC(=O)N[C@H](CC(=O)OC(C)C)c1ccccc1Cl. The summed E-state index contributed by atoms with van der Waals surface area (Å²) in [6, 6.07) is 6.52. The first-order valence-electron chi connectivity index (χ1n) is 8.43.